The Labute approximate surface area is 462 Å². The van der Waals surface area contributed by atoms with Gasteiger partial charge in [0.15, 0.2) is 6.10 Å². The van der Waals surface area contributed by atoms with E-state index in [-0.39, 0.29) is 38.0 Å². The lowest BCUT2D eigenvalue weighted by Gasteiger charge is -2.18. The molecule has 0 aliphatic carbocycles. The smallest absolute Gasteiger partial charge is 0.306 e. The number of allylic oxidation sites excluding steroid dienone is 20. The topological polar surface area (TPSA) is 78.9 Å². The van der Waals surface area contributed by atoms with Gasteiger partial charge in [-0.05, 0) is 122 Å². The first-order chi connectivity index (χ1) is 37.0. The molecule has 6 nitrogen and oxygen atoms in total. The molecule has 0 rings (SSSR count). The Morgan fingerprint density at radius 1 is 0.267 bits per heavy atom. The number of rotatable bonds is 55. The maximum absolute atomic E-state index is 12.9. The van der Waals surface area contributed by atoms with E-state index in [2.05, 4.69) is 130 Å². The summed E-state index contributed by atoms with van der Waals surface area (Å²) in [6.45, 7) is 6.48. The molecule has 0 bridgehead atoms. The fourth-order valence-electron chi connectivity index (χ4n) is 8.24. The molecular formula is C69H114O6. The van der Waals surface area contributed by atoms with Crippen LogP contribution in [0.15, 0.2) is 122 Å². The molecule has 0 saturated carbocycles. The second-order valence-electron chi connectivity index (χ2n) is 20.2. The first kappa shape index (κ1) is 70.8. The highest BCUT2D eigenvalue weighted by atomic mass is 16.6. The van der Waals surface area contributed by atoms with Crippen LogP contribution in [0.4, 0.5) is 0 Å². The van der Waals surface area contributed by atoms with Crippen LogP contribution in [0.5, 0.6) is 0 Å². The van der Waals surface area contributed by atoms with Gasteiger partial charge in [0.25, 0.3) is 0 Å². The summed E-state index contributed by atoms with van der Waals surface area (Å²) in [6.07, 6.45) is 86.4. The number of hydrogen-bond acceptors (Lipinski definition) is 6. The molecule has 0 aromatic rings. The van der Waals surface area contributed by atoms with Crippen LogP contribution in [0.25, 0.3) is 0 Å². The molecule has 0 spiro atoms. The van der Waals surface area contributed by atoms with Gasteiger partial charge in [-0.2, -0.15) is 0 Å². The van der Waals surface area contributed by atoms with Crippen LogP contribution >= 0.6 is 0 Å². The average Bonchev–Trinajstić information content (AvgIpc) is 3.41. The standard InChI is InChI=1S/C69H114O6/c1-4-7-10-13-16-19-22-25-28-31-33-34-36-38-41-44-47-50-53-56-59-62-68(71)74-65-66(64-73-67(70)61-58-55-52-49-46-43-40-37-30-27-24-21-18-15-12-9-6-3)75-69(72)63-60-57-54-51-48-45-42-39-35-32-29-26-23-20-17-14-11-8-5-2/h17-18,20-21,25-30,35,39-40,43,45,48-49,52,54,57,66H,4-16,19,22-24,31-34,36-38,41-42,44,46-47,50-51,53,55-56,58-65H2,1-3H3/b20-17-,21-18-,28-25-,29-26-,30-27-,39-35-,43-40-,48-45-,52-49-,57-54-/t66-/m1/s1. The van der Waals surface area contributed by atoms with Gasteiger partial charge in [-0.3, -0.25) is 14.4 Å². The third kappa shape index (κ3) is 60.6. The minimum Gasteiger partial charge on any atom is -0.462 e. The fourth-order valence-corrected chi connectivity index (χ4v) is 8.24. The number of hydrogen-bond donors (Lipinski definition) is 0. The van der Waals surface area contributed by atoms with Gasteiger partial charge in [-0.25, -0.2) is 0 Å². The highest BCUT2D eigenvalue weighted by Gasteiger charge is 2.19. The predicted octanol–water partition coefficient (Wildman–Crippen LogP) is 21.2. The van der Waals surface area contributed by atoms with Crippen molar-refractivity contribution in [2.75, 3.05) is 13.2 Å². The van der Waals surface area contributed by atoms with Crippen LogP contribution in [-0.4, -0.2) is 37.2 Å². The third-order valence-electron chi connectivity index (χ3n) is 12.9. The van der Waals surface area contributed by atoms with Crippen LogP contribution in [0.1, 0.15) is 278 Å². The summed E-state index contributed by atoms with van der Waals surface area (Å²) in [4.78, 5) is 38.2. The van der Waals surface area contributed by atoms with Crippen LogP contribution in [0, 0.1) is 0 Å². The van der Waals surface area contributed by atoms with Gasteiger partial charge in [0, 0.05) is 19.3 Å². The maximum atomic E-state index is 12.9. The normalized spacial score (nSPS) is 12.9. The number of ether oxygens (including phenoxy) is 3. The van der Waals surface area contributed by atoms with E-state index in [1.54, 1.807) is 0 Å². The highest BCUT2D eigenvalue weighted by Crippen LogP contribution is 2.15. The Balaban J connectivity index is 4.55. The number of carbonyl (C=O) groups excluding carboxylic acids is 3. The van der Waals surface area contributed by atoms with Crippen LogP contribution < -0.4 is 0 Å². The largest absolute Gasteiger partial charge is 0.462 e. The Hall–Kier alpha value is -4.19. The average molecular weight is 1040 g/mol. The van der Waals surface area contributed by atoms with E-state index in [4.69, 9.17) is 14.2 Å². The van der Waals surface area contributed by atoms with Crippen molar-refractivity contribution >= 4 is 17.9 Å². The monoisotopic (exact) mass is 1040 g/mol. The van der Waals surface area contributed by atoms with Crippen molar-refractivity contribution in [1.82, 2.24) is 0 Å². The SMILES string of the molecule is CCCCC/C=C\C/C=C\C/C=C\C/C=C\C/C=C\CCC(=O)O[C@H](COC(=O)CCC/C=C\C/C=C\C/C=C\C/C=C\CCCCC)COC(=O)CCCCCCCCCCCCC/C=C\CCCCCCCC. The minimum absolute atomic E-state index is 0.127. The molecule has 0 aliphatic rings. The van der Waals surface area contributed by atoms with E-state index in [9.17, 15) is 14.4 Å². The summed E-state index contributed by atoms with van der Waals surface area (Å²) in [5.74, 6) is -1.07. The summed E-state index contributed by atoms with van der Waals surface area (Å²) in [6, 6.07) is 0. The number of esters is 3. The van der Waals surface area contributed by atoms with Crippen molar-refractivity contribution in [3.05, 3.63) is 122 Å². The molecule has 0 fully saturated rings. The van der Waals surface area contributed by atoms with E-state index in [0.717, 1.165) is 70.6 Å². The molecule has 0 heterocycles. The van der Waals surface area contributed by atoms with Gasteiger partial charge in [-0.1, -0.05) is 258 Å². The van der Waals surface area contributed by atoms with E-state index in [1.165, 1.54) is 154 Å². The Kier molecular flexibility index (Phi) is 58.9. The number of unbranched alkanes of at least 4 members (excludes halogenated alkanes) is 24. The van der Waals surface area contributed by atoms with Crippen LogP contribution in [0.3, 0.4) is 0 Å². The molecule has 1 atom stereocenters. The van der Waals surface area contributed by atoms with Crippen molar-refractivity contribution in [3.8, 4) is 0 Å². The first-order valence-electron chi connectivity index (χ1n) is 31.0. The molecule has 6 heteroatoms. The van der Waals surface area contributed by atoms with Crippen LogP contribution in [0.2, 0.25) is 0 Å². The second-order valence-corrected chi connectivity index (χ2v) is 20.2. The first-order valence-corrected chi connectivity index (χ1v) is 31.0. The molecule has 0 aliphatic heterocycles. The lowest BCUT2D eigenvalue weighted by atomic mass is 10.0. The van der Waals surface area contributed by atoms with Crippen molar-refractivity contribution in [2.24, 2.45) is 0 Å². The zero-order valence-electron chi connectivity index (χ0n) is 48.8. The lowest BCUT2D eigenvalue weighted by molar-refractivity contribution is -0.166. The van der Waals surface area contributed by atoms with Crippen LogP contribution in [-0.2, 0) is 28.6 Å². The van der Waals surface area contributed by atoms with Crippen molar-refractivity contribution < 1.29 is 28.6 Å². The molecule has 75 heavy (non-hydrogen) atoms. The highest BCUT2D eigenvalue weighted by molar-refractivity contribution is 5.71. The summed E-state index contributed by atoms with van der Waals surface area (Å²) in [7, 11) is 0. The summed E-state index contributed by atoms with van der Waals surface area (Å²) in [5.41, 5.74) is 0. The summed E-state index contributed by atoms with van der Waals surface area (Å²) < 4.78 is 16.8. The molecule has 426 valence electrons. The lowest BCUT2D eigenvalue weighted by Crippen LogP contribution is -2.30. The fraction of sp³-hybridized carbons (Fsp3) is 0.667. The molecule has 0 aromatic carbocycles. The van der Waals surface area contributed by atoms with E-state index in [0.29, 0.717) is 19.3 Å². The van der Waals surface area contributed by atoms with Gasteiger partial charge in [-0.15, -0.1) is 0 Å². The maximum Gasteiger partial charge on any atom is 0.306 e. The molecule has 0 amide bonds. The Bertz CT molecular complexity index is 1570. The van der Waals surface area contributed by atoms with E-state index < -0.39 is 12.1 Å². The quantitative estimate of drug-likeness (QED) is 0.0261. The zero-order valence-corrected chi connectivity index (χ0v) is 48.8. The van der Waals surface area contributed by atoms with Crippen molar-refractivity contribution in [1.29, 1.82) is 0 Å². The molecule has 0 radical (unpaired) electrons. The molecule has 0 N–H and O–H groups in total. The predicted molar refractivity (Wildman–Crippen MR) is 325 cm³/mol. The molecule has 0 aromatic heterocycles. The van der Waals surface area contributed by atoms with Gasteiger partial charge in [0.1, 0.15) is 13.2 Å². The summed E-state index contributed by atoms with van der Waals surface area (Å²) in [5, 5.41) is 0. The van der Waals surface area contributed by atoms with Gasteiger partial charge >= 0.3 is 17.9 Å². The molecular weight excluding hydrogens is 925 g/mol. The summed E-state index contributed by atoms with van der Waals surface area (Å²) >= 11 is 0. The Morgan fingerprint density at radius 2 is 0.520 bits per heavy atom. The van der Waals surface area contributed by atoms with Crippen molar-refractivity contribution in [3.63, 3.8) is 0 Å². The Morgan fingerprint density at radius 3 is 0.893 bits per heavy atom. The molecule has 0 saturated heterocycles. The van der Waals surface area contributed by atoms with E-state index >= 15 is 0 Å². The zero-order chi connectivity index (χ0) is 54.3. The van der Waals surface area contributed by atoms with Gasteiger partial charge in [0.05, 0.1) is 0 Å². The third-order valence-corrected chi connectivity index (χ3v) is 12.9. The van der Waals surface area contributed by atoms with Crippen molar-refractivity contribution in [2.45, 2.75) is 284 Å². The molecule has 0 unspecified atom stereocenters. The van der Waals surface area contributed by atoms with E-state index in [1.807, 2.05) is 12.2 Å². The van der Waals surface area contributed by atoms with Gasteiger partial charge in [0.2, 0.25) is 0 Å². The minimum atomic E-state index is -0.844. The second kappa shape index (κ2) is 62.4. The van der Waals surface area contributed by atoms with Gasteiger partial charge < -0.3 is 14.2 Å². The number of carbonyl (C=O) groups is 3.